The first-order chi connectivity index (χ1) is 22.0. The quantitative estimate of drug-likeness (QED) is 0.234. The Balaban J connectivity index is 1.42. The lowest BCUT2D eigenvalue weighted by molar-refractivity contribution is -0.173. The van der Waals surface area contributed by atoms with Gasteiger partial charge in [0.25, 0.3) is 5.91 Å². The molecule has 1 aromatic heterocycles. The third-order valence-electron chi connectivity index (χ3n) is 8.16. The SMILES string of the molecule is C[C@@H](N1CN([C@@H]2c3ccccc3SCc3c(Cl)cccc32)n2ccc(=O)c(OCOC(=O)OC3CCOCC3)c2C1=O)C(F)(F)F. The highest BCUT2D eigenvalue weighted by Gasteiger charge is 2.48. The number of alkyl halides is 3. The molecule has 4 heterocycles. The Kier molecular flexibility index (Phi) is 9.12. The van der Waals surface area contributed by atoms with Gasteiger partial charge in [-0.1, -0.05) is 41.9 Å². The molecule has 0 spiro atoms. The highest BCUT2D eigenvalue weighted by atomic mass is 35.5. The highest BCUT2D eigenvalue weighted by Crippen LogP contribution is 2.45. The van der Waals surface area contributed by atoms with Gasteiger partial charge < -0.3 is 23.8 Å². The van der Waals surface area contributed by atoms with E-state index in [0.29, 0.717) is 41.7 Å². The van der Waals surface area contributed by atoms with E-state index in [1.165, 1.54) is 22.6 Å². The molecule has 3 aromatic rings. The van der Waals surface area contributed by atoms with Crippen LogP contribution < -0.4 is 15.2 Å². The van der Waals surface area contributed by atoms with Crippen LogP contribution in [0, 0.1) is 0 Å². The van der Waals surface area contributed by atoms with Gasteiger partial charge in [0, 0.05) is 40.8 Å². The molecule has 244 valence electrons. The first-order valence-electron chi connectivity index (χ1n) is 14.5. The zero-order chi connectivity index (χ0) is 32.6. The van der Waals surface area contributed by atoms with Gasteiger partial charge in [0.2, 0.25) is 18.0 Å². The van der Waals surface area contributed by atoms with Crippen molar-refractivity contribution in [2.45, 2.75) is 54.8 Å². The Morgan fingerprint density at radius 3 is 2.59 bits per heavy atom. The Bertz CT molecular complexity index is 1700. The standard InChI is InChI=1S/C31H29ClF3N3O7S/c1-18(31(33,34)35)36-16-38(26-20-6-4-7-23(32)22(20)15-46-25-8-3-2-5-21(25)26)37-12-9-24(39)28(27(37)29(36)40)43-17-44-30(41)45-19-10-13-42-14-11-19/h2-9,12,18-19,26H,10-11,13-17H2,1H3/t18-,26+/m1/s1. The number of nitrogens with zero attached hydrogens (tertiary/aromatic N) is 3. The lowest BCUT2D eigenvalue weighted by Gasteiger charge is -2.46. The van der Waals surface area contributed by atoms with Gasteiger partial charge in [-0.3, -0.25) is 19.3 Å². The van der Waals surface area contributed by atoms with Crippen molar-refractivity contribution in [2.24, 2.45) is 0 Å². The average molecular weight is 680 g/mol. The van der Waals surface area contributed by atoms with Crippen molar-refractivity contribution < 1.29 is 41.7 Å². The summed E-state index contributed by atoms with van der Waals surface area (Å²) in [6.07, 6.45) is -3.96. The lowest BCUT2D eigenvalue weighted by atomic mass is 9.94. The van der Waals surface area contributed by atoms with Crippen LogP contribution in [-0.4, -0.2) is 66.6 Å². The number of amides is 1. The molecule has 3 aliphatic rings. The molecule has 2 atom stereocenters. The zero-order valence-corrected chi connectivity index (χ0v) is 26.1. The smallest absolute Gasteiger partial charge is 0.451 e. The number of carbonyl (C=O) groups is 2. The number of ether oxygens (including phenoxy) is 4. The van der Waals surface area contributed by atoms with Gasteiger partial charge in [-0.05, 0) is 35.7 Å². The Morgan fingerprint density at radius 1 is 1.09 bits per heavy atom. The number of aromatic nitrogens is 1. The molecule has 0 aliphatic carbocycles. The summed E-state index contributed by atoms with van der Waals surface area (Å²) in [5.74, 6) is -1.15. The number of thioether (sulfide) groups is 1. The van der Waals surface area contributed by atoms with E-state index in [4.69, 9.17) is 30.5 Å². The molecule has 15 heteroatoms. The summed E-state index contributed by atoms with van der Waals surface area (Å²) in [4.78, 5) is 40.8. The summed E-state index contributed by atoms with van der Waals surface area (Å²) in [7, 11) is 0. The predicted molar refractivity (Wildman–Crippen MR) is 162 cm³/mol. The Morgan fingerprint density at radius 2 is 1.83 bits per heavy atom. The largest absolute Gasteiger partial charge is 0.511 e. The number of carbonyl (C=O) groups excluding carboxylic acids is 2. The Labute approximate surface area is 270 Å². The van der Waals surface area contributed by atoms with Crippen LogP contribution in [0.4, 0.5) is 18.0 Å². The second-order valence-corrected chi connectivity index (χ2v) is 12.3. The van der Waals surface area contributed by atoms with Crippen LogP contribution in [0.15, 0.2) is 64.4 Å². The van der Waals surface area contributed by atoms with Crippen molar-refractivity contribution in [3.8, 4) is 5.75 Å². The molecule has 0 saturated carbocycles. The van der Waals surface area contributed by atoms with E-state index in [2.05, 4.69) is 0 Å². The number of rotatable bonds is 6. The molecule has 10 nitrogen and oxygen atoms in total. The van der Waals surface area contributed by atoms with Crippen LogP contribution in [0.1, 0.15) is 53.0 Å². The summed E-state index contributed by atoms with van der Waals surface area (Å²) < 4.78 is 65.0. The number of fused-ring (bicyclic) bond motifs is 3. The van der Waals surface area contributed by atoms with Crippen LogP contribution in [0.2, 0.25) is 5.02 Å². The first-order valence-corrected chi connectivity index (χ1v) is 15.8. The predicted octanol–water partition coefficient (Wildman–Crippen LogP) is 5.87. The second kappa shape index (κ2) is 13.1. The minimum absolute atomic E-state index is 0.416. The van der Waals surface area contributed by atoms with E-state index in [-0.39, 0.29) is 0 Å². The molecular weight excluding hydrogens is 651 g/mol. The van der Waals surface area contributed by atoms with Crippen LogP contribution in [-0.2, 0) is 20.0 Å². The second-order valence-electron chi connectivity index (χ2n) is 10.9. The minimum Gasteiger partial charge on any atom is -0.451 e. The molecule has 0 bridgehead atoms. The molecule has 0 radical (unpaired) electrons. The molecule has 3 aliphatic heterocycles. The fourth-order valence-corrected chi connectivity index (χ4v) is 7.20. The maximum absolute atomic E-state index is 14.2. The van der Waals surface area contributed by atoms with Crippen LogP contribution in [0.3, 0.4) is 0 Å². The molecule has 0 N–H and O–H groups in total. The van der Waals surface area contributed by atoms with E-state index in [1.807, 2.05) is 30.3 Å². The van der Waals surface area contributed by atoms with E-state index >= 15 is 0 Å². The molecule has 1 amide bonds. The van der Waals surface area contributed by atoms with Crippen molar-refractivity contribution in [3.63, 3.8) is 0 Å². The maximum Gasteiger partial charge on any atom is 0.511 e. The summed E-state index contributed by atoms with van der Waals surface area (Å²) in [6, 6.07) is 11.0. The number of hydrogen-bond acceptors (Lipinski definition) is 9. The third kappa shape index (κ3) is 6.25. The summed E-state index contributed by atoms with van der Waals surface area (Å²) in [5.41, 5.74) is 1.05. The van der Waals surface area contributed by atoms with E-state index < -0.39 is 66.8 Å². The van der Waals surface area contributed by atoms with Crippen molar-refractivity contribution in [2.75, 3.05) is 31.7 Å². The van der Waals surface area contributed by atoms with E-state index in [0.717, 1.165) is 34.6 Å². The van der Waals surface area contributed by atoms with Crippen molar-refractivity contribution >= 4 is 35.4 Å². The highest BCUT2D eigenvalue weighted by molar-refractivity contribution is 7.98. The van der Waals surface area contributed by atoms with Gasteiger partial charge in [-0.15, -0.1) is 11.8 Å². The van der Waals surface area contributed by atoms with Gasteiger partial charge in [0.15, 0.2) is 5.69 Å². The van der Waals surface area contributed by atoms with Crippen LogP contribution in [0.5, 0.6) is 5.75 Å². The molecule has 1 fully saturated rings. The monoisotopic (exact) mass is 679 g/mol. The number of pyridine rings is 1. The average Bonchev–Trinajstić information content (AvgIpc) is 3.20. The first kappa shape index (κ1) is 32.1. The summed E-state index contributed by atoms with van der Waals surface area (Å²) in [6.45, 7) is 0.419. The lowest BCUT2D eigenvalue weighted by Crippen LogP contribution is -2.60. The molecule has 1 saturated heterocycles. The maximum atomic E-state index is 14.2. The molecule has 6 rings (SSSR count). The zero-order valence-electron chi connectivity index (χ0n) is 24.5. The normalized spacial score (nSPS) is 19.0. The van der Waals surface area contributed by atoms with Crippen LogP contribution >= 0.6 is 23.4 Å². The third-order valence-corrected chi connectivity index (χ3v) is 9.63. The van der Waals surface area contributed by atoms with Crippen molar-refractivity contribution in [1.82, 2.24) is 9.58 Å². The number of hydrogen-bond donors (Lipinski definition) is 0. The minimum atomic E-state index is -4.78. The van der Waals surface area contributed by atoms with E-state index in [1.54, 1.807) is 17.1 Å². The molecule has 0 unspecified atom stereocenters. The van der Waals surface area contributed by atoms with Gasteiger partial charge in [0.1, 0.15) is 18.8 Å². The van der Waals surface area contributed by atoms with Gasteiger partial charge in [0.05, 0.1) is 19.3 Å². The molecular formula is C31H29ClF3N3O7S. The fraction of sp³-hybridized carbons (Fsp3) is 0.387. The number of halogens is 4. The van der Waals surface area contributed by atoms with Crippen molar-refractivity contribution in [3.05, 3.63) is 92.4 Å². The van der Waals surface area contributed by atoms with Gasteiger partial charge >= 0.3 is 12.3 Å². The van der Waals surface area contributed by atoms with Crippen LogP contribution in [0.25, 0.3) is 0 Å². The summed E-state index contributed by atoms with van der Waals surface area (Å²) >= 11 is 8.18. The molecule has 46 heavy (non-hydrogen) atoms. The van der Waals surface area contributed by atoms with E-state index in [9.17, 15) is 27.6 Å². The van der Waals surface area contributed by atoms with Crippen molar-refractivity contribution in [1.29, 1.82) is 0 Å². The number of benzene rings is 2. The van der Waals surface area contributed by atoms with Gasteiger partial charge in [-0.2, -0.15) is 13.2 Å². The Hall–Kier alpha value is -3.88. The molecule has 2 aromatic carbocycles. The summed E-state index contributed by atoms with van der Waals surface area (Å²) in [5, 5.41) is 2.07. The van der Waals surface area contributed by atoms with Gasteiger partial charge in [-0.25, -0.2) is 4.79 Å². The topological polar surface area (TPSA) is 99.5 Å². The fourth-order valence-electron chi connectivity index (χ4n) is 5.72.